The third-order valence-corrected chi connectivity index (χ3v) is 5.04. The number of nitrogens with zero attached hydrogens (tertiary/aromatic N) is 2. The van der Waals surface area contributed by atoms with Crippen molar-refractivity contribution in [2.24, 2.45) is 0 Å². The molecule has 4 nitrogen and oxygen atoms in total. The lowest BCUT2D eigenvalue weighted by atomic mass is 9.85. The molecule has 0 N–H and O–H groups in total. The number of pyridine rings is 1. The van der Waals surface area contributed by atoms with Crippen LogP contribution in [0.5, 0.6) is 0 Å². The summed E-state index contributed by atoms with van der Waals surface area (Å²) in [4.78, 5) is 6.19. The van der Waals surface area contributed by atoms with Crippen LogP contribution in [0, 0.1) is 5.82 Å². The van der Waals surface area contributed by atoms with E-state index in [0.717, 1.165) is 5.46 Å². The summed E-state index contributed by atoms with van der Waals surface area (Å²) in [5, 5.41) is -0.0767. The molecule has 1 aromatic heterocycles. The largest absolute Gasteiger partial charge is 0.429 e. The third kappa shape index (κ3) is 4.18. The number of rotatable bonds is 5. The zero-order valence-corrected chi connectivity index (χ0v) is 15.0. The van der Waals surface area contributed by atoms with Gasteiger partial charge < -0.3 is 14.3 Å². The van der Waals surface area contributed by atoms with Crippen LogP contribution in [-0.2, 0) is 9.39 Å². The van der Waals surface area contributed by atoms with Crippen molar-refractivity contribution in [1.29, 1.82) is 0 Å². The zero-order chi connectivity index (χ0) is 16.4. The molecule has 1 fully saturated rings. The van der Waals surface area contributed by atoms with E-state index in [0.29, 0.717) is 39.6 Å². The van der Waals surface area contributed by atoms with Crippen molar-refractivity contribution >= 4 is 28.0 Å². The minimum Gasteiger partial charge on any atom is -0.429 e. The van der Waals surface area contributed by atoms with Crippen LogP contribution in [-0.4, -0.2) is 49.5 Å². The molecule has 1 aliphatic rings. The molecule has 1 unspecified atom stereocenters. The number of halogens is 1. The summed E-state index contributed by atoms with van der Waals surface area (Å²) < 4.78 is 25.5. The number of hydrogen-bond donors (Lipinski definition) is 0. The molecule has 1 saturated heterocycles. The van der Waals surface area contributed by atoms with Crippen LogP contribution in [0.4, 0.5) is 10.2 Å². The predicted molar refractivity (Wildman–Crippen MR) is 93.0 cm³/mol. The van der Waals surface area contributed by atoms with Gasteiger partial charge >= 0.3 is 7.48 Å². The van der Waals surface area contributed by atoms with Gasteiger partial charge in [0.15, 0.2) is 11.6 Å². The van der Waals surface area contributed by atoms with Crippen LogP contribution in [0.15, 0.2) is 12.3 Å². The molecule has 1 atom stereocenters. The van der Waals surface area contributed by atoms with Crippen molar-refractivity contribution in [2.45, 2.75) is 38.5 Å². The van der Waals surface area contributed by atoms with Crippen molar-refractivity contribution in [3.63, 3.8) is 0 Å². The predicted octanol–water partition coefficient (Wildman–Crippen LogP) is 1.48. The normalized spacial score (nSPS) is 16.7. The first kappa shape index (κ1) is 17.6. The highest BCUT2D eigenvalue weighted by atomic mass is 31.0. The van der Waals surface area contributed by atoms with Crippen LogP contribution >= 0.6 is 9.24 Å². The highest BCUT2D eigenvalue weighted by molar-refractivity contribution is 7.19. The van der Waals surface area contributed by atoms with Gasteiger partial charge in [0, 0.05) is 24.4 Å². The Kier molecular flexibility index (Phi) is 5.47. The Morgan fingerprint density at radius 1 is 1.32 bits per heavy atom. The molecule has 2 rings (SSSR count). The summed E-state index contributed by atoms with van der Waals surface area (Å²) in [5.74, 6) is 0.101. The first-order valence-corrected chi connectivity index (χ1v) is 8.18. The molecule has 0 amide bonds. The van der Waals surface area contributed by atoms with Crippen molar-refractivity contribution < 1.29 is 13.8 Å². The molecule has 0 aromatic carbocycles. The van der Waals surface area contributed by atoms with Gasteiger partial charge in [-0.3, -0.25) is 0 Å². The van der Waals surface area contributed by atoms with E-state index in [1.165, 1.54) is 6.07 Å². The number of hydrogen-bond acceptors (Lipinski definition) is 4. The maximum Gasteiger partial charge on any atom is 0.310 e. The summed E-state index contributed by atoms with van der Waals surface area (Å²) in [7, 11) is 3.14. The minimum absolute atomic E-state index is 0.0767. The summed E-state index contributed by atoms with van der Waals surface area (Å²) >= 11 is 0. The maximum atomic E-state index is 14.3. The first-order valence-electron chi connectivity index (χ1n) is 7.61. The topological polar surface area (TPSA) is 34.6 Å². The maximum absolute atomic E-state index is 14.3. The second-order valence-corrected chi connectivity index (χ2v) is 8.21. The van der Waals surface area contributed by atoms with Gasteiger partial charge in [0.2, 0.25) is 0 Å². The van der Waals surface area contributed by atoms with Gasteiger partial charge in [-0.2, -0.15) is 0 Å². The van der Waals surface area contributed by atoms with Crippen molar-refractivity contribution in [2.75, 3.05) is 31.2 Å². The zero-order valence-electron chi connectivity index (χ0n) is 13.9. The Morgan fingerprint density at radius 3 is 2.50 bits per heavy atom. The molecule has 0 aliphatic carbocycles. The van der Waals surface area contributed by atoms with Gasteiger partial charge in [0.05, 0.1) is 18.8 Å². The second-order valence-electron chi connectivity index (χ2n) is 6.77. The molecule has 0 spiro atoms. The standard InChI is InChI=1S/C15H25BFN2O2P/c1-14(2,15(3,4)22)21-16-11-9-12(17)13(18-10-11)19-5-7-20-8-6-19/h9-10,16H,5-8,22H2,1-4H3. The average molecular weight is 326 g/mol. The Bertz CT molecular complexity index is 517. The lowest BCUT2D eigenvalue weighted by Gasteiger charge is -2.39. The number of anilines is 1. The molecule has 0 bridgehead atoms. The lowest BCUT2D eigenvalue weighted by Crippen LogP contribution is -2.45. The number of morpholine rings is 1. The summed E-state index contributed by atoms with van der Waals surface area (Å²) in [5.41, 5.74) is 0.411. The Labute approximate surface area is 135 Å². The van der Waals surface area contributed by atoms with E-state index in [-0.39, 0.29) is 16.6 Å². The van der Waals surface area contributed by atoms with E-state index in [9.17, 15) is 4.39 Å². The monoisotopic (exact) mass is 326 g/mol. The Morgan fingerprint density at radius 2 is 1.95 bits per heavy atom. The van der Waals surface area contributed by atoms with Crippen LogP contribution in [0.2, 0.25) is 0 Å². The van der Waals surface area contributed by atoms with Crippen LogP contribution in [0.25, 0.3) is 0 Å². The van der Waals surface area contributed by atoms with Gasteiger partial charge in [0.25, 0.3) is 0 Å². The second kappa shape index (κ2) is 6.82. The molecule has 7 heteroatoms. The molecule has 0 radical (unpaired) electrons. The summed E-state index contributed by atoms with van der Waals surface area (Å²) in [6, 6.07) is 1.52. The minimum atomic E-state index is -0.336. The fraction of sp³-hybridized carbons (Fsp3) is 0.667. The lowest BCUT2D eigenvalue weighted by molar-refractivity contribution is 0.0840. The summed E-state index contributed by atoms with van der Waals surface area (Å²) in [6.45, 7) is 10.8. The first-order chi connectivity index (χ1) is 10.2. The van der Waals surface area contributed by atoms with E-state index in [1.54, 1.807) is 6.20 Å². The summed E-state index contributed by atoms with van der Waals surface area (Å²) in [6.07, 6.45) is 1.69. The van der Waals surface area contributed by atoms with E-state index >= 15 is 0 Å². The van der Waals surface area contributed by atoms with Crippen LogP contribution in [0.3, 0.4) is 0 Å². The van der Waals surface area contributed by atoms with Gasteiger partial charge in [-0.1, -0.05) is 13.8 Å². The van der Waals surface area contributed by atoms with E-state index in [1.807, 2.05) is 18.7 Å². The van der Waals surface area contributed by atoms with Crippen molar-refractivity contribution in [3.8, 4) is 0 Å². The van der Waals surface area contributed by atoms with Crippen molar-refractivity contribution in [1.82, 2.24) is 4.98 Å². The van der Waals surface area contributed by atoms with Crippen molar-refractivity contribution in [3.05, 3.63) is 18.1 Å². The molecular weight excluding hydrogens is 301 g/mol. The van der Waals surface area contributed by atoms with E-state index in [4.69, 9.17) is 9.39 Å². The van der Waals surface area contributed by atoms with Crippen LogP contribution < -0.4 is 10.4 Å². The quantitative estimate of drug-likeness (QED) is 0.606. The fourth-order valence-electron chi connectivity index (χ4n) is 2.01. The van der Waals surface area contributed by atoms with Gasteiger partial charge in [-0.15, -0.1) is 9.24 Å². The Balaban J connectivity index is 2.03. The van der Waals surface area contributed by atoms with Gasteiger partial charge in [-0.05, 0) is 25.4 Å². The average Bonchev–Trinajstić information content (AvgIpc) is 2.45. The Hall–Kier alpha value is -0.705. The van der Waals surface area contributed by atoms with E-state index < -0.39 is 0 Å². The van der Waals surface area contributed by atoms with Gasteiger partial charge in [0.1, 0.15) is 0 Å². The molecule has 0 saturated carbocycles. The molecule has 1 aliphatic heterocycles. The number of ether oxygens (including phenoxy) is 1. The van der Waals surface area contributed by atoms with Crippen LogP contribution in [0.1, 0.15) is 27.7 Å². The van der Waals surface area contributed by atoms with E-state index in [2.05, 4.69) is 28.1 Å². The molecule has 122 valence electrons. The highest BCUT2D eigenvalue weighted by Crippen LogP contribution is 2.33. The molecule has 1 aromatic rings. The molecular formula is C15H25BFN2O2P. The highest BCUT2D eigenvalue weighted by Gasteiger charge is 2.33. The molecule has 2 heterocycles. The SMILES string of the molecule is CC(C)(P)C(C)(C)OBc1cnc(N2CCOCC2)c(F)c1. The fourth-order valence-corrected chi connectivity index (χ4v) is 2.09. The van der Waals surface area contributed by atoms with Gasteiger partial charge in [-0.25, -0.2) is 9.37 Å². The number of aromatic nitrogens is 1. The molecule has 22 heavy (non-hydrogen) atoms. The third-order valence-electron chi connectivity index (χ3n) is 4.34. The smallest absolute Gasteiger partial charge is 0.310 e.